The predicted molar refractivity (Wildman–Crippen MR) is 147 cm³/mol. The Kier molecular flexibility index (Phi) is 9.08. The average Bonchev–Trinajstić information content (AvgIpc) is 3.23. The molecule has 6 nitrogen and oxygen atoms in total. The van der Waals surface area contributed by atoms with Crippen LogP contribution in [0.4, 0.5) is 0 Å². The molecule has 0 amide bonds. The third kappa shape index (κ3) is 6.62. The summed E-state index contributed by atoms with van der Waals surface area (Å²) in [5.74, 6) is 6.28. The normalized spacial score (nSPS) is 11.0. The molecule has 0 spiro atoms. The number of nitrogens with one attached hydrogen (secondary N) is 1. The predicted octanol–water partition coefficient (Wildman–Crippen LogP) is 4.42. The summed E-state index contributed by atoms with van der Waals surface area (Å²) in [5.41, 5.74) is 5.62. The first kappa shape index (κ1) is 27.2. The minimum atomic E-state index is -3.60. The third-order valence-electron chi connectivity index (χ3n) is 5.54. The van der Waals surface area contributed by atoms with Gasteiger partial charge in [-0.15, -0.1) is 12.4 Å². The summed E-state index contributed by atoms with van der Waals surface area (Å²) in [6.07, 6.45) is 1.73. The zero-order valence-electron chi connectivity index (χ0n) is 20.5. The first-order chi connectivity index (χ1) is 16.8. The Morgan fingerprint density at radius 2 is 1.56 bits per heavy atom. The molecule has 0 saturated heterocycles. The van der Waals surface area contributed by atoms with Crippen LogP contribution in [0.5, 0.6) is 0 Å². The summed E-state index contributed by atoms with van der Waals surface area (Å²) in [5, 5.41) is 4.39. The lowest BCUT2D eigenvalue weighted by molar-refractivity contribution is 0.412. The van der Waals surface area contributed by atoms with Crippen LogP contribution in [0, 0.1) is 11.8 Å². The van der Waals surface area contributed by atoms with Crippen molar-refractivity contribution in [2.45, 2.75) is 4.90 Å². The smallest absolute Gasteiger partial charge is 0.240 e. The van der Waals surface area contributed by atoms with Crippen molar-refractivity contribution >= 4 is 22.4 Å². The van der Waals surface area contributed by atoms with Crippen LogP contribution in [0.15, 0.2) is 90.0 Å². The maximum atomic E-state index is 12.6. The van der Waals surface area contributed by atoms with Gasteiger partial charge in [-0.05, 0) is 43.4 Å². The molecule has 1 heterocycles. The van der Waals surface area contributed by atoms with E-state index in [1.807, 2.05) is 44.2 Å². The van der Waals surface area contributed by atoms with E-state index in [2.05, 4.69) is 58.1 Å². The number of halogens is 1. The highest BCUT2D eigenvalue weighted by atomic mass is 35.5. The van der Waals surface area contributed by atoms with Crippen molar-refractivity contribution in [3.8, 4) is 34.2 Å². The monoisotopic (exact) mass is 520 g/mol. The topological polar surface area (TPSA) is 67.2 Å². The van der Waals surface area contributed by atoms with E-state index in [0.29, 0.717) is 18.7 Å². The van der Waals surface area contributed by atoms with Gasteiger partial charge in [0.2, 0.25) is 10.0 Å². The van der Waals surface area contributed by atoms with Crippen LogP contribution in [0.2, 0.25) is 0 Å². The number of likely N-dealkylation sites (N-methyl/N-ethyl adjacent to an activating group) is 1. The molecule has 0 bridgehead atoms. The fraction of sp³-hybridized carbons (Fsp3) is 0.179. The summed E-state index contributed by atoms with van der Waals surface area (Å²) in [4.78, 5) is 2.12. The fourth-order valence-corrected chi connectivity index (χ4v) is 4.76. The standard InChI is InChI=1S/C28H28N4O2S.ClH/c1-31(2)19-18-30-35(33,34)27-11-7-8-22(20-27)12-13-26-21-29-32(3)28(26)25-16-14-24(15-17-25)23-9-5-4-6-10-23;/h4-11,14-17,20-21,30H,18-19H2,1-3H3;1H. The van der Waals surface area contributed by atoms with E-state index in [1.54, 1.807) is 35.1 Å². The number of aryl methyl sites for hydroxylation is 1. The van der Waals surface area contributed by atoms with E-state index in [-0.39, 0.29) is 17.3 Å². The van der Waals surface area contributed by atoms with E-state index in [4.69, 9.17) is 0 Å². The quantitative estimate of drug-likeness (QED) is 0.366. The Bertz CT molecular complexity index is 1470. The maximum Gasteiger partial charge on any atom is 0.240 e. The Balaban J connectivity index is 0.00000361. The molecule has 4 aromatic rings. The van der Waals surface area contributed by atoms with Gasteiger partial charge in [-0.25, -0.2) is 13.1 Å². The Hall–Kier alpha value is -3.41. The van der Waals surface area contributed by atoms with E-state index in [0.717, 1.165) is 27.9 Å². The molecule has 4 rings (SSSR count). The number of benzene rings is 3. The maximum absolute atomic E-state index is 12.6. The van der Waals surface area contributed by atoms with Crippen molar-refractivity contribution in [3.63, 3.8) is 0 Å². The Morgan fingerprint density at radius 1 is 0.889 bits per heavy atom. The molecule has 0 radical (unpaired) electrons. The van der Waals surface area contributed by atoms with Crippen molar-refractivity contribution in [1.29, 1.82) is 0 Å². The summed E-state index contributed by atoms with van der Waals surface area (Å²) in [6.45, 7) is 0.961. The summed E-state index contributed by atoms with van der Waals surface area (Å²) in [7, 11) is 2.09. The molecule has 1 N–H and O–H groups in total. The number of hydrogen-bond donors (Lipinski definition) is 1. The highest BCUT2D eigenvalue weighted by molar-refractivity contribution is 7.89. The van der Waals surface area contributed by atoms with Gasteiger partial charge in [-0.3, -0.25) is 4.68 Å². The van der Waals surface area contributed by atoms with Gasteiger partial charge in [0.15, 0.2) is 0 Å². The zero-order chi connectivity index (χ0) is 24.8. The van der Waals surface area contributed by atoms with Gasteiger partial charge in [0, 0.05) is 31.3 Å². The largest absolute Gasteiger partial charge is 0.308 e. The molecule has 186 valence electrons. The highest BCUT2D eigenvalue weighted by Crippen LogP contribution is 2.26. The fourth-order valence-electron chi connectivity index (χ4n) is 3.69. The van der Waals surface area contributed by atoms with Crippen LogP contribution < -0.4 is 4.72 Å². The highest BCUT2D eigenvalue weighted by Gasteiger charge is 2.14. The van der Waals surface area contributed by atoms with Crippen LogP contribution in [0.3, 0.4) is 0 Å². The van der Waals surface area contributed by atoms with Crippen molar-refractivity contribution < 1.29 is 8.42 Å². The van der Waals surface area contributed by atoms with Crippen molar-refractivity contribution in [3.05, 3.63) is 96.2 Å². The molecule has 0 fully saturated rings. The van der Waals surface area contributed by atoms with Crippen molar-refractivity contribution in [1.82, 2.24) is 19.4 Å². The van der Waals surface area contributed by atoms with E-state index >= 15 is 0 Å². The molecule has 0 aliphatic rings. The molecule has 0 unspecified atom stereocenters. The molecule has 0 saturated carbocycles. The van der Waals surface area contributed by atoms with Crippen molar-refractivity contribution in [2.75, 3.05) is 27.2 Å². The molecule has 3 aromatic carbocycles. The lowest BCUT2D eigenvalue weighted by Crippen LogP contribution is -2.31. The van der Waals surface area contributed by atoms with Crippen LogP contribution in [-0.2, 0) is 17.1 Å². The zero-order valence-corrected chi connectivity index (χ0v) is 22.1. The molecule has 0 aliphatic heterocycles. The second-order valence-electron chi connectivity index (χ2n) is 8.45. The summed E-state index contributed by atoms with van der Waals surface area (Å²) < 4.78 is 29.7. The first-order valence-electron chi connectivity index (χ1n) is 11.3. The summed E-state index contributed by atoms with van der Waals surface area (Å²) >= 11 is 0. The Labute approximate surface area is 219 Å². The van der Waals surface area contributed by atoms with E-state index in [9.17, 15) is 8.42 Å². The van der Waals surface area contributed by atoms with Gasteiger partial charge in [0.1, 0.15) is 0 Å². The number of rotatable bonds is 7. The Morgan fingerprint density at radius 3 is 2.25 bits per heavy atom. The van der Waals surface area contributed by atoms with Gasteiger partial charge >= 0.3 is 0 Å². The third-order valence-corrected chi connectivity index (χ3v) is 7.00. The van der Waals surface area contributed by atoms with Gasteiger partial charge in [0.25, 0.3) is 0 Å². The van der Waals surface area contributed by atoms with Crippen LogP contribution in [0.1, 0.15) is 11.1 Å². The van der Waals surface area contributed by atoms with E-state index < -0.39 is 10.0 Å². The first-order valence-corrected chi connectivity index (χ1v) is 12.8. The van der Waals surface area contributed by atoms with Gasteiger partial charge < -0.3 is 4.90 Å². The molecule has 8 heteroatoms. The average molecular weight is 521 g/mol. The number of nitrogens with zero attached hydrogens (tertiary/aromatic N) is 3. The van der Waals surface area contributed by atoms with Gasteiger partial charge in [-0.2, -0.15) is 5.10 Å². The lowest BCUT2D eigenvalue weighted by Gasteiger charge is -2.11. The molecule has 1 aromatic heterocycles. The van der Waals surface area contributed by atoms with Crippen LogP contribution in [0.25, 0.3) is 22.4 Å². The minimum absolute atomic E-state index is 0. The van der Waals surface area contributed by atoms with E-state index in [1.165, 1.54) is 0 Å². The lowest BCUT2D eigenvalue weighted by atomic mass is 10.0. The molecular weight excluding hydrogens is 492 g/mol. The SMILES string of the molecule is CN(C)CCNS(=O)(=O)c1cccc(C#Cc2cnn(C)c2-c2ccc(-c3ccccc3)cc2)c1.Cl. The number of aromatic nitrogens is 2. The van der Waals surface area contributed by atoms with Crippen LogP contribution >= 0.6 is 12.4 Å². The molecule has 0 atom stereocenters. The van der Waals surface area contributed by atoms with Crippen LogP contribution in [-0.4, -0.2) is 50.3 Å². The summed E-state index contributed by atoms with van der Waals surface area (Å²) in [6, 6.07) is 25.2. The second-order valence-corrected chi connectivity index (χ2v) is 10.2. The minimum Gasteiger partial charge on any atom is -0.308 e. The number of hydrogen-bond acceptors (Lipinski definition) is 4. The van der Waals surface area contributed by atoms with Gasteiger partial charge in [0.05, 0.1) is 22.3 Å². The molecular formula is C28H29ClN4O2S. The van der Waals surface area contributed by atoms with Crippen molar-refractivity contribution in [2.24, 2.45) is 7.05 Å². The second kappa shape index (κ2) is 12.0. The van der Waals surface area contributed by atoms with Gasteiger partial charge in [-0.1, -0.05) is 72.5 Å². The molecule has 0 aliphatic carbocycles. The number of sulfonamides is 1. The molecule has 36 heavy (non-hydrogen) atoms.